The third-order valence-corrected chi connectivity index (χ3v) is 3.85. The quantitative estimate of drug-likeness (QED) is 0.444. The Bertz CT molecular complexity index is 1060. The highest BCUT2D eigenvalue weighted by Crippen LogP contribution is 2.33. The van der Waals surface area contributed by atoms with E-state index >= 15 is 0 Å². The highest BCUT2D eigenvalue weighted by atomic mass is 16.6. The lowest BCUT2D eigenvalue weighted by atomic mass is 10.1. The molecular formula is C16H10N4O5. The third-order valence-electron chi connectivity index (χ3n) is 3.85. The van der Waals surface area contributed by atoms with E-state index in [1.54, 1.807) is 18.2 Å². The van der Waals surface area contributed by atoms with Gasteiger partial charge < -0.3 is 10.1 Å². The lowest BCUT2D eigenvalue weighted by Crippen LogP contribution is -2.25. The van der Waals surface area contributed by atoms with Crippen molar-refractivity contribution < 1.29 is 19.2 Å². The Hall–Kier alpha value is -3.75. The number of rotatable bonds is 3. The van der Waals surface area contributed by atoms with Crippen molar-refractivity contribution in [3.8, 4) is 17.0 Å². The first-order chi connectivity index (χ1) is 12.1. The van der Waals surface area contributed by atoms with E-state index < -0.39 is 4.92 Å². The number of benzene rings is 1. The number of anilines is 1. The second kappa shape index (κ2) is 5.41. The minimum atomic E-state index is -0.542. The van der Waals surface area contributed by atoms with E-state index in [0.29, 0.717) is 34.6 Å². The highest BCUT2D eigenvalue weighted by molar-refractivity contribution is 5.97. The van der Waals surface area contributed by atoms with Crippen LogP contribution in [0.4, 0.5) is 11.4 Å². The summed E-state index contributed by atoms with van der Waals surface area (Å²) < 4.78 is 6.67. The van der Waals surface area contributed by atoms with Gasteiger partial charge in [-0.1, -0.05) is 0 Å². The fourth-order valence-electron chi connectivity index (χ4n) is 2.72. The maximum atomic E-state index is 11.6. The van der Waals surface area contributed by atoms with Gasteiger partial charge in [0.25, 0.3) is 11.6 Å². The van der Waals surface area contributed by atoms with Crippen LogP contribution in [0.15, 0.2) is 36.5 Å². The van der Waals surface area contributed by atoms with E-state index in [4.69, 9.17) is 4.74 Å². The van der Waals surface area contributed by atoms with Gasteiger partial charge in [-0.05, 0) is 24.3 Å². The third kappa shape index (κ3) is 2.38. The molecule has 0 spiro atoms. The van der Waals surface area contributed by atoms with Crippen molar-refractivity contribution in [3.05, 3.63) is 52.3 Å². The molecule has 0 unspecified atom stereocenters. The average molecular weight is 338 g/mol. The molecule has 0 fully saturated rings. The van der Waals surface area contributed by atoms with Gasteiger partial charge in [0.15, 0.2) is 12.9 Å². The van der Waals surface area contributed by atoms with Crippen molar-refractivity contribution in [3.63, 3.8) is 0 Å². The van der Waals surface area contributed by atoms with Crippen molar-refractivity contribution in [2.24, 2.45) is 0 Å². The van der Waals surface area contributed by atoms with Crippen LogP contribution in [0.5, 0.6) is 5.75 Å². The van der Waals surface area contributed by atoms with E-state index in [1.807, 2.05) is 0 Å². The van der Waals surface area contributed by atoms with Crippen LogP contribution in [0.1, 0.15) is 10.5 Å². The van der Waals surface area contributed by atoms with E-state index in [2.05, 4.69) is 10.3 Å². The lowest BCUT2D eigenvalue weighted by molar-refractivity contribution is -0.385. The number of fused-ring (bicyclic) bond motifs is 2. The summed E-state index contributed by atoms with van der Waals surface area (Å²) in [5.74, 6) is 0.251. The molecule has 0 aliphatic carbocycles. The molecule has 25 heavy (non-hydrogen) atoms. The van der Waals surface area contributed by atoms with E-state index in [0.717, 1.165) is 0 Å². The summed E-state index contributed by atoms with van der Waals surface area (Å²) in [6, 6.07) is 7.82. The molecular weight excluding hydrogens is 328 g/mol. The van der Waals surface area contributed by atoms with Crippen molar-refractivity contribution in [2.75, 3.05) is 11.9 Å². The Kier molecular flexibility index (Phi) is 3.21. The fraction of sp³-hybridized carbons (Fsp3) is 0.0625. The predicted octanol–water partition coefficient (Wildman–Crippen LogP) is 2.05. The number of carbonyl (C=O) groups excluding carboxylic acids is 2. The Morgan fingerprint density at radius 3 is 2.92 bits per heavy atom. The van der Waals surface area contributed by atoms with Gasteiger partial charge >= 0.3 is 0 Å². The van der Waals surface area contributed by atoms with Crippen LogP contribution in [0.3, 0.4) is 0 Å². The first-order valence-electron chi connectivity index (χ1n) is 7.25. The smallest absolute Gasteiger partial charge is 0.286 e. The molecule has 1 amide bonds. The summed E-state index contributed by atoms with van der Waals surface area (Å²) in [4.78, 5) is 37.8. The van der Waals surface area contributed by atoms with Gasteiger partial charge in [0.05, 0.1) is 16.8 Å². The molecule has 3 aromatic rings. The zero-order valence-corrected chi connectivity index (χ0v) is 12.6. The average Bonchev–Trinajstić information content (AvgIpc) is 2.98. The number of hydrogen-bond acceptors (Lipinski definition) is 6. The summed E-state index contributed by atoms with van der Waals surface area (Å²) in [5, 5.41) is 13.6. The first-order valence-corrected chi connectivity index (χ1v) is 7.25. The standard InChI is InChI=1S/C16H10N4O5/c21-7-12-16(18-14-4-2-10(20(23)24)6-19(12)14)9-1-3-13-11(5-9)17-15(22)8-25-13/h1-7H,8H2,(H,17,22). The number of ether oxygens (including phenoxy) is 1. The summed E-state index contributed by atoms with van der Waals surface area (Å²) in [6.07, 6.45) is 1.84. The number of aldehydes is 1. The molecule has 4 rings (SSSR count). The highest BCUT2D eigenvalue weighted by Gasteiger charge is 2.20. The fourth-order valence-corrected chi connectivity index (χ4v) is 2.72. The molecule has 124 valence electrons. The molecule has 0 radical (unpaired) electrons. The number of aromatic nitrogens is 2. The zero-order chi connectivity index (χ0) is 17.6. The molecule has 9 heteroatoms. The number of nitrogens with one attached hydrogen (secondary N) is 1. The number of hydrogen-bond donors (Lipinski definition) is 1. The summed E-state index contributed by atoms with van der Waals surface area (Å²) in [7, 11) is 0. The molecule has 0 atom stereocenters. The summed E-state index contributed by atoms with van der Waals surface area (Å²) in [5.41, 5.74) is 1.86. The SMILES string of the molecule is O=Cc1c(-c2ccc3c(c2)NC(=O)CO3)nc2ccc([N+](=O)[O-])cn12. The second-order valence-electron chi connectivity index (χ2n) is 5.38. The minimum absolute atomic E-state index is 0.0516. The summed E-state index contributed by atoms with van der Waals surface area (Å²) in [6.45, 7) is -0.0516. The van der Waals surface area contributed by atoms with Crippen LogP contribution in [0.25, 0.3) is 16.9 Å². The number of carbonyl (C=O) groups is 2. The number of nitrogens with zero attached hydrogens (tertiary/aromatic N) is 3. The molecule has 9 nitrogen and oxygen atoms in total. The molecule has 2 aromatic heterocycles. The Balaban J connectivity index is 1.89. The van der Waals surface area contributed by atoms with Gasteiger partial charge in [0, 0.05) is 11.6 Å². The minimum Gasteiger partial charge on any atom is -0.482 e. The van der Waals surface area contributed by atoms with Gasteiger partial charge in [-0.15, -0.1) is 0 Å². The Labute approximate surface area is 140 Å². The van der Waals surface area contributed by atoms with Crippen LogP contribution < -0.4 is 10.1 Å². The van der Waals surface area contributed by atoms with Crippen molar-refractivity contribution in [1.29, 1.82) is 0 Å². The van der Waals surface area contributed by atoms with Crippen LogP contribution in [-0.2, 0) is 4.79 Å². The molecule has 0 bridgehead atoms. The maximum Gasteiger partial charge on any atom is 0.286 e. The predicted molar refractivity (Wildman–Crippen MR) is 86.8 cm³/mol. The van der Waals surface area contributed by atoms with Crippen LogP contribution in [0.2, 0.25) is 0 Å². The second-order valence-corrected chi connectivity index (χ2v) is 5.38. The molecule has 1 N–H and O–H groups in total. The molecule has 1 aliphatic heterocycles. The lowest BCUT2D eigenvalue weighted by Gasteiger charge is -2.18. The van der Waals surface area contributed by atoms with Crippen molar-refractivity contribution in [1.82, 2.24) is 9.38 Å². The monoisotopic (exact) mass is 338 g/mol. The number of amides is 1. The molecule has 1 aromatic carbocycles. The van der Waals surface area contributed by atoms with E-state index in [-0.39, 0.29) is 23.9 Å². The number of imidazole rings is 1. The van der Waals surface area contributed by atoms with Gasteiger partial charge in [0.2, 0.25) is 0 Å². The molecule has 0 saturated heterocycles. The van der Waals surface area contributed by atoms with Crippen molar-refractivity contribution in [2.45, 2.75) is 0 Å². The van der Waals surface area contributed by atoms with Crippen LogP contribution >= 0.6 is 0 Å². The Morgan fingerprint density at radius 1 is 1.32 bits per heavy atom. The normalized spacial score (nSPS) is 13.0. The van der Waals surface area contributed by atoms with Gasteiger partial charge in [-0.3, -0.25) is 24.1 Å². The van der Waals surface area contributed by atoms with Crippen molar-refractivity contribution >= 4 is 29.2 Å². The van der Waals surface area contributed by atoms with Crippen LogP contribution in [-0.4, -0.2) is 33.1 Å². The first kappa shape index (κ1) is 14.8. The van der Waals surface area contributed by atoms with E-state index in [1.165, 1.54) is 22.7 Å². The van der Waals surface area contributed by atoms with E-state index in [9.17, 15) is 19.7 Å². The molecule has 3 heterocycles. The summed E-state index contributed by atoms with van der Waals surface area (Å²) >= 11 is 0. The molecule has 0 saturated carbocycles. The largest absolute Gasteiger partial charge is 0.482 e. The zero-order valence-electron chi connectivity index (χ0n) is 12.6. The van der Waals surface area contributed by atoms with Gasteiger partial charge in [0.1, 0.15) is 22.8 Å². The number of pyridine rings is 1. The Morgan fingerprint density at radius 2 is 2.16 bits per heavy atom. The molecule has 1 aliphatic rings. The van der Waals surface area contributed by atoms with Gasteiger partial charge in [-0.2, -0.15) is 0 Å². The number of nitro groups is 1. The topological polar surface area (TPSA) is 116 Å². The van der Waals surface area contributed by atoms with Crippen LogP contribution in [0, 0.1) is 10.1 Å². The van der Waals surface area contributed by atoms with Gasteiger partial charge in [-0.25, -0.2) is 4.98 Å². The maximum absolute atomic E-state index is 11.6.